The van der Waals surface area contributed by atoms with E-state index in [4.69, 9.17) is 14.9 Å². The van der Waals surface area contributed by atoms with E-state index < -0.39 is 24.5 Å². The summed E-state index contributed by atoms with van der Waals surface area (Å²) in [5, 5.41) is 22.6. The largest absolute Gasteiger partial charge is 0.480 e. The van der Waals surface area contributed by atoms with Gasteiger partial charge in [-0.2, -0.15) is 0 Å². The van der Waals surface area contributed by atoms with Gasteiger partial charge in [0.15, 0.2) is 0 Å². The van der Waals surface area contributed by atoms with Crippen molar-refractivity contribution >= 4 is 23.8 Å². The third kappa shape index (κ3) is 43.7. The second-order valence-corrected chi connectivity index (χ2v) is 17.6. The topological polar surface area (TPSA) is 142 Å². The average molecular weight is 873 g/mol. The second-order valence-electron chi connectivity index (χ2n) is 17.6. The van der Waals surface area contributed by atoms with Crippen molar-refractivity contribution in [2.75, 3.05) is 13.2 Å². The maximum Gasteiger partial charge on any atom is 0.328 e. The van der Waals surface area contributed by atoms with Crippen LogP contribution in [0.4, 0.5) is 0 Å². The molecule has 2 atom stereocenters. The summed E-state index contributed by atoms with van der Waals surface area (Å²) in [7, 11) is 0. The Morgan fingerprint density at radius 2 is 0.871 bits per heavy atom. The van der Waals surface area contributed by atoms with Crippen LogP contribution in [0.15, 0.2) is 36.5 Å². The highest BCUT2D eigenvalue weighted by atomic mass is 16.5. The third-order valence-corrected chi connectivity index (χ3v) is 11.6. The Morgan fingerprint density at radius 3 is 1.35 bits per heavy atom. The second kappa shape index (κ2) is 47.5. The lowest BCUT2D eigenvalue weighted by Gasteiger charge is -2.18. The molecule has 2 amide bonds. The van der Waals surface area contributed by atoms with Gasteiger partial charge >= 0.3 is 11.9 Å². The van der Waals surface area contributed by atoms with Crippen LogP contribution in [0.1, 0.15) is 251 Å². The Kier molecular flexibility index (Phi) is 45.3. The van der Waals surface area contributed by atoms with Gasteiger partial charge in [0, 0.05) is 12.8 Å². The number of allylic oxidation sites excluding steroid dienone is 6. The molecule has 0 aromatic heterocycles. The molecule has 2 unspecified atom stereocenters. The van der Waals surface area contributed by atoms with E-state index in [1.165, 1.54) is 141 Å². The molecule has 0 rings (SSSR count). The first-order valence-corrected chi connectivity index (χ1v) is 25.9. The number of aliphatic hydroxyl groups is 1. The predicted molar refractivity (Wildman–Crippen MR) is 259 cm³/mol. The van der Waals surface area contributed by atoms with Crippen molar-refractivity contribution in [2.45, 2.75) is 264 Å². The Labute approximate surface area is 380 Å². The first-order valence-electron chi connectivity index (χ1n) is 25.9. The lowest BCUT2D eigenvalue weighted by molar-refractivity contribution is -0.150. The molecule has 0 aliphatic heterocycles. The number of carbonyl (C=O) groups excluding carboxylic acids is 3. The van der Waals surface area contributed by atoms with E-state index in [0.29, 0.717) is 19.3 Å². The standard InChI is InChI=1S/C53H96N2O7/c1-3-5-7-9-11-13-15-17-19-20-21-22-24-26-28-30-32-37-41-45-52(59)62-48(42-38-34-31-29-27-25-23-18-16-14-12-10-8-6-4-2)43-39-35-33-36-40-44-50(57)54-46-51(58)55-49(47-56)53(60)61/h11,13,17,19,25,27,48-49,56H,3-10,12,14-16,18,20-24,26,28-47H2,1-2H3,(H,54,57)(H,55,58)(H,60,61)/b13-11-,19-17-,27-25-. The van der Waals surface area contributed by atoms with Gasteiger partial charge in [-0.15, -0.1) is 0 Å². The van der Waals surface area contributed by atoms with Crippen molar-refractivity contribution in [1.82, 2.24) is 10.6 Å². The van der Waals surface area contributed by atoms with E-state index in [1.807, 2.05) is 0 Å². The highest BCUT2D eigenvalue weighted by Crippen LogP contribution is 2.19. The highest BCUT2D eigenvalue weighted by Gasteiger charge is 2.19. The number of ether oxygens (including phenoxy) is 1. The van der Waals surface area contributed by atoms with Gasteiger partial charge in [-0.1, -0.05) is 179 Å². The number of hydrogen-bond acceptors (Lipinski definition) is 6. The van der Waals surface area contributed by atoms with E-state index in [9.17, 15) is 19.2 Å². The normalized spacial score (nSPS) is 12.7. The molecule has 62 heavy (non-hydrogen) atoms. The lowest BCUT2D eigenvalue weighted by Crippen LogP contribution is -2.47. The molecule has 0 saturated heterocycles. The van der Waals surface area contributed by atoms with Crippen LogP contribution in [0, 0.1) is 0 Å². The van der Waals surface area contributed by atoms with Crippen molar-refractivity contribution < 1.29 is 34.1 Å². The molecule has 0 fully saturated rings. The Balaban J connectivity index is 4.32. The number of esters is 1. The maximum absolute atomic E-state index is 12.9. The number of unbranched alkanes of at least 4 members (excludes halogenated alkanes) is 27. The Bertz CT molecular complexity index is 1140. The maximum atomic E-state index is 12.9. The molecule has 0 saturated carbocycles. The Morgan fingerprint density at radius 1 is 0.484 bits per heavy atom. The van der Waals surface area contributed by atoms with Gasteiger partial charge in [0.1, 0.15) is 12.1 Å². The first kappa shape index (κ1) is 59.1. The quantitative estimate of drug-likeness (QED) is 0.0271. The molecule has 0 aromatic carbocycles. The van der Waals surface area contributed by atoms with E-state index in [2.05, 4.69) is 60.9 Å². The highest BCUT2D eigenvalue weighted by molar-refractivity contribution is 5.87. The van der Waals surface area contributed by atoms with Crippen molar-refractivity contribution in [3.63, 3.8) is 0 Å². The molecule has 0 aliphatic carbocycles. The number of aliphatic hydroxyl groups excluding tert-OH is 1. The summed E-state index contributed by atoms with van der Waals surface area (Å²) < 4.78 is 6.06. The molecule has 0 heterocycles. The van der Waals surface area contributed by atoms with Gasteiger partial charge in [0.25, 0.3) is 0 Å². The summed E-state index contributed by atoms with van der Waals surface area (Å²) in [6, 6.07) is -1.38. The van der Waals surface area contributed by atoms with Gasteiger partial charge in [0.05, 0.1) is 13.2 Å². The fourth-order valence-electron chi connectivity index (χ4n) is 7.62. The minimum Gasteiger partial charge on any atom is -0.480 e. The summed E-state index contributed by atoms with van der Waals surface area (Å²) in [4.78, 5) is 47.8. The van der Waals surface area contributed by atoms with Crippen LogP contribution in [0.3, 0.4) is 0 Å². The predicted octanol–water partition coefficient (Wildman–Crippen LogP) is 13.7. The third-order valence-electron chi connectivity index (χ3n) is 11.6. The molecule has 360 valence electrons. The number of carboxylic acids is 1. The fraction of sp³-hybridized carbons (Fsp3) is 0.811. The van der Waals surface area contributed by atoms with Crippen molar-refractivity contribution in [3.8, 4) is 0 Å². The number of nitrogens with one attached hydrogen (secondary N) is 2. The Hall–Kier alpha value is -2.94. The fourth-order valence-corrected chi connectivity index (χ4v) is 7.62. The minimum atomic E-state index is -1.38. The van der Waals surface area contributed by atoms with Crippen LogP contribution in [-0.2, 0) is 23.9 Å². The van der Waals surface area contributed by atoms with Gasteiger partial charge in [-0.3, -0.25) is 14.4 Å². The molecule has 9 nitrogen and oxygen atoms in total. The van der Waals surface area contributed by atoms with Crippen LogP contribution < -0.4 is 10.6 Å². The molecule has 0 spiro atoms. The number of aliphatic carboxylic acids is 1. The first-order chi connectivity index (χ1) is 30.3. The molecular weight excluding hydrogens is 777 g/mol. The number of carboxylic acid groups (broad SMARTS) is 1. The summed E-state index contributed by atoms with van der Waals surface area (Å²) in [6.07, 6.45) is 56.0. The zero-order valence-electron chi connectivity index (χ0n) is 40.1. The molecule has 0 aromatic rings. The molecule has 0 aliphatic rings. The smallest absolute Gasteiger partial charge is 0.328 e. The SMILES string of the molecule is CCCCC/C=C\C/C=C\CCCCCCCCCCCC(=O)OC(CCCCC/C=C\CCCCCCCCCC)CCCCCCCC(=O)NCC(=O)NC(CO)C(=O)O. The van der Waals surface area contributed by atoms with Crippen molar-refractivity contribution in [3.05, 3.63) is 36.5 Å². The summed E-state index contributed by atoms with van der Waals surface area (Å²) >= 11 is 0. The summed E-state index contributed by atoms with van der Waals surface area (Å²) in [6.45, 7) is 3.48. The molecule has 0 bridgehead atoms. The molecule has 4 N–H and O–H groups in total. The molecular formula is C53H96N2O7. The molecule has 9 heteroatoms. The van der Waals surface area contributed by atoms with Crippen LogP contribution >= 0.6 is 0 Å². The van der Waals surface area contributed by atoms with Crippen molar-refractivity contribution in [1.29, 1.82) is 0 Å². The molecule has 0 radical (unpaired) electrons. The van der Waals surface area contributed by atoms with Gasteiger partial charge in [-0.05, 0) is 96.3 Å². The van der Waals surface area contributed by atoms with Gasteiger partial charge < -0.3 is 25.6 Å². The number of amides is 2. The van der Waals surface area contributed by atoms with E-state index >= 15 is 0 Å². The number of hydrogen-bond donors (Lipinski definition) is 4. The van der Waals surface area contributed by atoms with Gasteiger partial charge in [-0.25, -0.2) is 4.79 Å². The lowest BCUT2D eigenvalue weighted by atomic mass is 10.0. The van der Waals surface area contributed by atoms with E-state index in [-0.39, 0.29) is 24.5 Å². The monoisotopic (exact) mass is 873 g/mol. The van der Waals surface area contributed by atoms with Gasteiger partial charge in [0.2, 0.25) is 11.8 Å². The van der Waals surface area contributed by atoms with Crippen LogP contribution in [0.25, 0.3) is 0 Å². The minimum absolute atomic E-state index is 0.0313. The number of carbonyl (C=O) groups is 4. The van der Waals surface area contributed by atoms with Crippen molar-refractivity contribution in [2.24, 2.45) is 0 Å². The number of rotatable bonds is 47. The van der Waals surface area contributed by atoms with Crippen LogP contribution in [0.5, 0.6) is 0 Å². The zero-order chi connectivity index (χ0) is 45.4. The summed E-state index contributed by atoms with van der Waals surface area (Å²) in [5.41, 5.74) is 0. The zero-order valence-corrected chi connectivity index (χ0v) is 40.1. The van der Waals surface area contributed by atoms with Crippen LogP contribution in [-0.4, -0.2) is 59.3 Å². The summed E-state index contributed by atoms with van der Waals surface area (Å²) in [5.74, 6) is -2.30. The van der Waals surface area contributed by atoms with E-state index in [1.54, 1.807) is 0 Å². The van der Waals surface area contributed by atoms with Crippen LogP contribution in [0.2, 0.25) is 0 Å². The average Bonchev–Trinajstić information content (AvgIpc) is 3.26. The van der Waals surface area contributed by atoms with E-state index in [0.717, 1.165) is 77.0 Å².